The first-order chi connectivity index (χ1) is 12.8. The number of rotatable bonds is 4. The van der Waals surface area contributed by atoms with Crippen molar-refractivity contribution >= 4 is 17.7 Å². The van der Waals surface area contributed by atoms with Gasteiger partial charge in [0.2, 0.25) is 11.9 Å². The quantitative estimate of drug-likeness (QED) is 0.563. The van der Waals surface area contributed by atoms with Crippen LogP contribution < -0.4 is 16.8 Å². The van der Waals surface area contributed by atoms with Crippen molar-refractivity contribution in [1.29, 1.82) is 0 Å². The van der Waals surface area contributed by atoms with E-state index in [1.165, 1.54) is 35.5 Å². The summed E-state index contributed by atoms with van der Waals surface area (Å²) in [5, 5.41) is 12.2. The molecular weight excluding hydrogens is 342 g/mol. The van der Waals surface area contributed by atoms with Gasteiger partial charge in [-0.3, -0.25) is 4.79 Å². The monoisotopic (exact) mass is 365 g/mol. The summed E-state index contributed by atoms with van der Waals surface area (Å²) < 4.78 is 0. The maximum Gasteiger partial charge on any atom is 0.244 e. The van der Waals surface area contributed by atoms with Crippen LogP contribution in [0, 0.1) is 13.8 Å². The van der Waals surface area contributed by atoms with Crippen molar-refractivity contribution in [3.63, 3.8) is 0 Å². The van der Waals surface area contributed by atoms with Crippen LogP contribution >= 0.6 is 0 Å². The number of benzene rings is 2. The molecule has 1 atom stereocenters. The predicted molar refractivity (Wildman–Crippen MR) is 106 cm³/mol. The van der Waals surface area contributed by atoms with Gasteiger partial charge in [-0.05, 0) is 37.6 Å². The molecule has 7 heteroatoms. The molecule has 1 amide bonds. The molecule has 2 aromatic carbocycles. The molecule has 1 heterocycles. The van der Waals surface area contributed by atoms with Gasteiger partial charge in [0.1, 0.15) is 17.6 Å². The first-order valence-corrected chi connectivity index (χ1v) is 8.31. The van der Waals surface area contributed by atoms with Gasteiger partial charge in [0.05, 0.1) is 0 Å². The van der Waals surface area contributed by atoms with Gasteiger partial charge in [0.25, 0.3) is 0 Å². The van der Waals surface area contributed by atoms with Crippen molar-refractivity contribution in [2.75, 3.05) is 11.1 Å². The fourth-order valence-corrected chi connectivity index (χ4v) is 2.40. The largest absolute Gasteiger partial charge is 0.508 e. The Morgan fingerprint density at radius 3 is 2.26 bits per heavy atom. The average molecular weight is 365 g/mol. The van der Waals surface area contributed by atoms with Crippen LogP contribution in [0.15, 0.2) is 60.8 Å². The molecular formula is C20H23N5O2. The molecule has 1 aromatic heterocycles. The summed E-state index contributed by atoms with van der Waals surface area (Å²) in [4.78, 5) is 19.4. The molecule has 0 bridgehead atoms. The number of hydrogen-bond acceptors (Lipinski definition) is 6. The molecule has 0 aliphatic carbocycles. The molecule has 0 saturated heterocycles. The van der Waals surface area contributed by atoms with Gasteiger partial charge >= 0.3 is 0 Å². The second-order valence-corrected chi connectivity index (χ2v) is 6.04. The summed E-state index contributed by atoms with van der Waals surface area (Å²) >= 11 is 0. The van der Waals surface area contributed by atoms with Gasteiger partial charge in [-0.2, -0.15) is 4.98 Å². The first-order valence-electron chi connectivity index (χ1n) is 8.31. The molecule has 3 aromatic rings. The first kappa shape index (κ1) is 19.7. The highest BCUT2D eigenvalue weighted by atomic mass is 16.3. The standard InChI is InChI=1S/C12H13N5O2.C8H10/c13-9-4-5-15-12(16-9)17-10(11(14)19)7-2-1-3-8(18)6-7;1-7-4-3-5-8(2)6-7/h1-6,10,18H,(H2,14,19)(H3,13,15,16,17);3-6H,1-2H3. The van der Waals surface area contributed by atoms with Crippen LogP contribution in [0.4, 0.5) is 11.8 Å². The van der Waals surface area contributed by atoms with Crippen molar-refractivity contribution < 1.29 is 9.90 Å². The lowest BCUT2D eigenvalue weighted by Crippen LogP contribution is -2.28. The maximum absolute atomic E-state index is 11.5. The Morgan fingerprint density at radius 1 is 1.07 bits per heavy atom. The summed E-state index contributed by atoms with van der Waals surface area (Å²) in [6.45, 7) is 4.21. The third kappa shape index (κ3) is 6.32. The van der Waals surface area contributed by atoms with E-state index in [1.54, 1.807) is 12.1 Å². The molecule has 140 valence electrons. The van der Waals surface area contributed by atoms with E-state index in [0.29, 0.717) is 5.56 Å². The van der Waals surface area contributed by atoms with Crippen LogP contribution in [0.1, 0.15) is 22.7 Å². The van der Waals surface area contributed by atoms with E-state index in [1.807, 2.05) is 0 Å². The lowest BCUT2D eigenvalue weighted by atomic mass is 10.1. The average Bonchev–Trinajstić information content (AvgIpc) is 2.60. The number of carbonyl (C=O) groups excluding carboxylic acids is 1. The number of aromatic nitrogens is 2. The highest BCUT2D eigenvalue weighted by molar-refractivity contribution is 5.84. The number of anilines is 2. The minimum Gasteiger partial charge on any atom is -0.508 e. The van der Waals surface area contributed by atoms with Crippen LogP contribution in [-0.2, 0) is 4.79 Å². The van der Waals surface area contributed by atoms with Crippen molar-refractivity contribution in [1.82, 2.24) is 9.97 Å². The second-order valence-electron chi connectivity index (χ2n) is 6.04. The molecule has 7 nitrogen and oxygen atoms in total. The zero-order chi connectivity index (χ0) is 19.8. The zero-order valence-corrected chi connectivity index (χ0v) is 15.3. The van der Waals surface area contributed by atoms with Crippen molar-refractivity contribution in [3.05, 3.63) is 77.5 Å². The predicted octanol–water partition coefficient (Wildman–Crippen LogP) is 2.71. The maximum atomic E-state index is 11.5. The number of aromatic hydroxyl groups is 1. The lowest BCUT2D eigenvalue weighted by molar-refractivity contribution is -0.118. The highest BCUT2D eigenvalue weighted by Gasteiger charge is 2.19. The van der Waals surface area contributed by atoms with E-state index >= 15 is 0 Å². The molecule has 6 N–H and O–H groups in total. The zero-order valence-electron chi connectivity index (χ0n) is 15.3. The molecule has 0 saturated carbocycles. The Labute approximate surface area is 158 Å². The van der Waals surface area contributed by atoms with Gasteiger partial charge in [-0.15, -0.1) is 0 Å². The normalized spacial score (nSPS) is 11.0. The third-order valence-corrected chi connectivity index (χ3v) is 3.61. The van der Waals surface area contributed by atoms with Crippen LogP contribution in [0.2, 0.25) is 0 Å². The second kappa shape index (κ2) is 9.19. The molecule has 0 fully saturated rings. The van der Waals surface area contributed by atoms with Gasteiger partial charge in [-0.1, -0.05) is 47.5 Å². The fraction of sp³-hybridized carbons (Fsp3) is 0.150. The highest BCUT2D eigenvalue weighted by Crippen LogP contribution is 2.21. The summed E-state index contributed by atoms with van der Waals surface area (Å²) in [6, 6.07) is 15.3. The SMILES string of the molecule is Cc1cccc(C)c1.NC(=O)C(Nc1nccc(N)n1)c1cccc(O)c1. The molecule has 3 rings (SSSR count). The number of hydrogen-bond donors (Lipinski definition) is 4. The van der Waals surface area contributed by atoms with Gasteiger partial charge in [-0.25, -0.2) is 4.98 Å². The smallest absolute Gasteiger partial charge is 0.244 e. The molecule has 27 heavy (non-hydrogen) atoms. The Balaban J connectivity index is 0.000000273. The topological polar surface area (TPSA) is 127 Å². The minimum absolute atomic E-state index is 0.0408. The molecule has 1 unspecified atom stereocenters. The number of phenolic OH excluding ortho intramolecular Hbond substituents is 1. The number of nitrogens with zero attached hydrogens (tertiary/aromatic N) is 2. The van der Waals surface area contributed by atoms with Crippen LogP contribution in [-0.4, -0.2) is 21.0 Å². The molecule has 0 radical (unpaired) electrons. The number of amides is 1. The summed E-state index contributed by atoms with van der Waals surface area (Å²) in [6.07, 6.45) is 1.46. The fourth-order valence-electron chi connectivity index (χ4n) is 2.40. The van der Waals surface area contributed by atoms with E-state index in [0.717, 1.165) is 0 Å². The summed E-state index contributed by atoms with van der Waals surface area (Å²) in [5.74, 6) is -0.112. The molecule has 0 aliphatic heterocycles. The van der Waals surface area contributed by atoms with Gasteiger partial charge < -0.3 is 21.9 Å². The Bertz CT molecular complexity index is 897. The Hall–Kier alpha value is -3.61. The number of aryl methyl sites for hydroxylation is 2. The molecule has 0 spiro atoms. The van der Waals surface area contributed by atoms with E-state index in [2.05, 4.69) is 53.4 Å². The van der Waals surface area contributed by atoms with E-state index in [-0.39, 0.29) is 17.5 Å². The molecule has 0 aliphatic rings. The lowest BCUT2D eigenvalue weighted by Gasteiger charge is -2.15. The van der Waals surface area contributed by atoms with E-state index < -0.39 is 11.9 Å². The summed E-state index contributed by atoms with van der Waals surface area (Å²) in [5.41, 5.74) is 14.0. The van der Waals surface area contributed by atoms with Crippen LogP contribution in [0.3, 0.4) is 0 Å². The van der Waals surface area contributed by atoms with E-state index in [9.17, 15) is 9.90 Å². The van der Waals surface area contributed by atoms with Crippen LogP contribution in [0.25, 0.3) is 0 Å². The Kier molecular flexibility index (Phi) is 6.71. The number of nitrogens with one attached hydrogen (secondary N) is 1. The Morgan fingerprint density at radius 2 is 1.74 bits per heavy atom. The third-order valence-electron chi connectivity index (χ3n) is 3.61. The minimum atomic E-state index is -0.853. The van der Waals surface area contributed by atoms with Gasteiger partial charge in [0.15, 0.2) is 0 Å². The van der Waals surface area contributed by atoms with E-state index in [4.69, 9.17) is 11.5 Å². The number of primary amides is 1. The van der Waals surface area contributed by atoms with Crippen LogP contribution in [0.5, 0.6) is 5.75 Å². The number of carbonyl (C=O) groups is 1. The van der Waals surface area contributed by atoms with Crippen molar-refractivity contribution in [2.45, 2.75) is 19.9 Å². The van der Waals surface area contributed by atoms with Crippen molar-refractivity contribution in [3.8, 4) is 5.75 Å². The number of phenols is 1. The van der Waals surface area contributed by atoms with Gasteiger partial charge in [0, 0.05) is 6.20 Å². The number of nitrogens with two attached hydrogens (primary N) is 2. The number of nitrogen functional groups attached to an aromatic ring is 1. The summed E-state index contributed by atoms with van der Waals surface area (Å²) in [7, 11) is 0. The van der Waals surface area contributed by atoms with Crippen molar-refractivity contribution in [2.24, 2.45) is 5.73 Å².